The zero-order valence-electron chi connectivity index (χ0n) is 11.8. The molecule has 1 heterocycles. The highest BCUT2D eigenvalue weighted by Crippen LogP contribution is 2.26. The molecule has 0 atom stereocenters. The van der Waals surface area contributed by atoms with Crippen LogP contribution in [0, 0.1) is 0 Å². The summed E-state index contributed by atoms with van der Waals surface area (Å²) in [5.74, 6) is -0.435. The van der Waals surface area contributed by atoms with Gasteiger partial charge in [-0.3, -0.25) is 4.79 Å². The quantitative estimate of drug-likeness (QED) is 0.920. The van der Waals surface area contributed by atoms with Gasteiger partial charge in [0.05, 0.1) is 6.54 Å². The molecule has 0 aliphatic carbocycles. The molecular weight excluding hydrogens is 288 g/mol. The van der Waals surface area contributed by atoms with Gasteiger partial charge in [-0.15, -0.1) is 0 Å². The zero-order valence-corrected chi connectivity index (χ0v) is 12.6. The average Bonchev–Trinajstić information content (AvgIpc) is 2.57. The van der Waals surface area contributed by atoms with Crippen molar-refractivity contribution in [3.8, 4) is 0 Å². The molecule has 1 N–H and O–H groups in total. The van der Waals surface area contributed by atoms with Gasteiger partial charge in [0.1, 0.15) is 5.54 Å². The van der Waals surface area contributed by atoms with Gasteiger partial charge in [0.2, 0.25) is 0 Å². The number of hydrogen-bond donors (Lipinski definition) is 1. The van der Waals surface area contributed by atoms with Crippen molar-refractivity contribution in [1.82, 2.24) is 9.03 Å². The summed E-state index contributed by atoms with van der Waals surface area (Å²) in [5.41, 5.74) is -0.284. The van der Waals surface area contributed by atoms with Crippen molar-refractivity contribution in [2.45, 2.75) is 25.9 Å². The molecule has 3 rings (SSSR count). The largest absolute Gasteiger partial charge is 0.305 e. The lowest BCUT2D eigenvalue weighted by Gasteiger charge is -2.17. The van der Waals surface area contributed by atoms with Crippen molar-refractivity contribution < 1.29 is 13.2 Å². The smallest absolute Gasteiger partial charge is 0.272 e. The van der Waals surface area contributed by atoms with Gasteiger partial charge < -0.3 is 0 Å². The molecule has 21 heavy (non-hydrogen) atoms. The molecule has 0 bridgehead atoms. The third kappa shape index (κ3) is 2.30. The Labute approximate surface area is 123 Å². The van der Waals surface area contributed by atoms with Gasteiger partial charge in [0.25, 0.3) is 5.91 Å². The maximum absolute atomic E-state index is 12.3. The van der Waals surface area contributed by atoms with Crippen molar-refractivity contribution >= 4 is 26.9 Å². The second-order valence-corrected chi connectivity index (χ2v) is 7.28. The Morgan fingerprint density at radius 3 is 2.43 bits per heavy atom. The van der Waals surface area contributed by atoms with Gasteiger partial charge in [-0.25, -0.2) is 4.31 Å². The van der Waals surface area contributed by atoms with Crippen LogP contribution < -0.4 is 4.72 Å². The van der Waals surface area contributed by atoms with E-state index in [1.54, 1.807) is 13.8 Å². The Kier molecular flexibility index (Phi) is 3.04. The lowest BCUT2D eigenvalue weighted by Crippen LogP contribution is -2.40. The third-order valence-corrected chi connectivity index (χ3v) is 5.27. The predicted molar refractivity (Wildman–Crippen MR) is 80.6 cm³/mol. The highest BCUT2D eigenvalue weighted by molar-refractivity contribution is 7.88. The van der Waals surface area contributed by atoms with Crippen LogP contribution in [0.3, 0.4) is 0 Å². The Hall–Kier alpha value is -1.92. The number of nitrogens with one attached hydrogen (secondary N) is 1. The Balaban J connectivity index is 2.05. The van der Waals surface area contributed by atoms with Crippen LogP contribution in [0.15, 0.2) is 42.5 Å². The number of carbonyl (C=O) groups is 1. The van der Waals surface area contributed by atoms with Crippen LogP contribution in [0.25, 0.3) is 10.8 Å². The standard InChI is InChI=1S/C15H16N2O3S/c1-15(2)14(18)17(21(19,20)16-15)10-12-8-5-7-11-6-3-4-9-13(11)12/h3-9,16H,10H2,1-2H3. The first-order valence-corrected chi connectivity index (χ1v) is 8.08. The van der Waals surface area contributed by atoms with E-state index in [4.69, 9.17) is 0 Å². The topological polar surface area (TPSA) is 66.5 Å². The summed E-state index contributed by atoms with van der Waals surface area (Å²) in [6.45, 7) is 3.17. The van der Waals surface area contributed by atoms with Crippen LogP contribution in [0.5, 0.6) is 0 Å². The number of benzene rings is 2. The van der Waals surface area contributed by atoms with Gasteiger partial charge >= 0.3 is 10.2 Å². The third-order valence-electron chi connectivity index (χ3n) is 3.63. The van der Waals surface area contributed by atoms with Crippen LogP contribution in [-0.2, 0) is 21.5 Å². The molecule has 2 aromatic rings. The summed E-state index contributed by atoms with van der Waals surface area (Å²) >= 11 is 0. The number of carbonyl (C=O) groups excluding carboxylic acids is 1. The van der Waals surface area contributed by atoms with Crippen molar-refractivity contribution in [2.24, 2.45) is 0 Å². The summed E-state index contributed by atoms with van der Waals surface area (Å²) in [6, 6.07) is 13.4. The lowest BCUT2D eigenvalue weighted by atomic mass is 10.0. The van der Waals surface area contributed by atoms with E-state index in [0.29, 0.717) is 0 Å². The molecule has 1 amide bonds. The van der Waals surface area contributed by atoms with Gasteiger partial charge in [0.15, 0.2) is 0 Å². The highest BCUT2D eigenvalue weighted by Gasteiger charge is 2.48. The minimum absolute atomic E-state index is 0.0406. The zero-order chi connectivity index (χ0) is 15.3. The number of rotatable bonds is 2. The maximum atomic E-state index is 12.3. The van der Waals surface area contributed by atoms with Crippen molar-refractivity contribution in [3.05, 3.63) is 48.0 Å². The van der Waals surface area contributed by atoms with Gasteiger partial charge in [-0.2, -0.15) is 13.1 Å². The summed E-state index contributed by atoms with van der Waals surface area (Å²) in [6.07, 6.45) is 0. The van der Waals surface area contributed by atoms with Gasteiger partial charge in [-0.1, -0.05) is 42.5 Å². The van der Waals surface area contributed by atoms with Gasteiger partial charge in [0, 0.05) is 0 Å². The minimum atomic E-state index is -3.78. The summed E-state index contributed by atoms with van der Waals surface area (Å²) in [5, 5.41) is 1.97. The molecule has 0 aromatic heterocycles. The van der Waals surface area contributed by atoms with Crippen molar-refractivity contribution in [2.75, 3.05) is 0 Å². The Morgan fingerprint density at radius 2 is 1.76 bits per heavy atom. The summed E-state index contributed by atoms with van der Waals surface area (Å²) < 4.78 is 27.5. The van der Waals surface area contributed by atoms with E-state index in [-0.39, 0.29) is 6.54 Å². The first-order chi connectivity index (χ1) is 9.81. The van der Waals surface area contributed by atoms with E-state index < -0.39 is 21.7 Å². The molecule has 1 aliphatic heterocycles. The molecule has 1 fully saturated rings. The average molecular weight is 304 g/mol. The second kappa shape index (κ2) is 4.54. The lowest BCUT2D eigenvalue weighted by molar-refractivity contribution is -0.129. The predicted octanol–water partition coefficient (Wildman–Crippen LogP) is 1.79. The fourth-order valence-electron chi connectivity index (χ4n) is 2.58. The molecule has 5 nitrogen and oxygen atoms in total. The molecular formula is C15H16N2O3S. The number of nitrogens with zero attached hydrogens (tertiary/aromatic N) is 1. The SMILES string of the molecule is CC1(C)NS(=O)(=O)N(Cc2cccc3ccccc23)C1=O. The first kappa shape index (κ1) is 14.0. The van der Waals surface area contributed by atoms with Crippen molar-refractivity contribution in [3.63, 3.8) is 0 Å². The Bertz CT molecular complexity index is 822. The number of fused-ring (bicyclic) bond motifs is 1. The van der Waals surface area contributed by atoms with E-state index in [0.717, 1.165) is 20.6 Å². The summed E-state index contributed by atoms with van der Waals surface area (Å²) in [4.78, 5) is 12.3. The molecule has 1 aliphatic rings. The Morgan fingerprint density at radius 1 is 1.10 bits per heavy atom. The molecule has 0 spiro atoms. The number of amides is 1. The van der Waals surface area contributed by atoms with Crippen LogP contribution in [0.2, 0.25) is 0 Å². The van der Waals surface area contributed by atoms with Crippen LogP contribution in [-0.4, -0.2) is 24.2 Å². The molecule has 6 heteroatoms. The van der Waals surface area contributed by atoms with Gasteiger partial charge in [-0.05, 0) is 30.2 Å². The van der Waals surface area contributed by atoms with Crippen molar-refractivity contribution in [1.29, 1.82) is 0 Å². The molecule has 0 radical (unpaired) electrons. The summed E-state index contributed by atoms with van der Waals surface area (Å²) in [7, 11) is -3.78. The highest BCUT2D eigenvalue weighted by atomic mass is 32.2. The molecule has 0 unspecified atom stereocenters. The van der Waals surface area contributed by atoms with Crippen LogP contribution in [0.4, 0.5) is 0 Å². The number of hydrogen-bond acceptors (Lipinski definition) is 3. The first-order valence-electron chi connectivity index (χ1n) is 6.64. The van der Waals surface area contributed by atoms with E-state index in [9.17, 15) is 13.2 Å². The van der Waals surface area contributed by atoms with Crippen LogP contribution in [0.1, 0.15) is 19.4 Å². The van der Waals surface area contributed by atoms with Crippen LogP contribution >= 0.6 is 0 Å². The monoisotopic (exact) mass is 304 g/mol. The van der Waals surface area contributed by atoms with E-state index >= 15 is 0 Å². The minimum Gasteiger partial charge on any atom is -0.272 e. The fourth-order valence-corrected chi connectivity index (χ4v) is 4.18. The molecule has 2 aromatic carbocycles. The molecule has 110 valence electrons. The normalized spacial score (nSPS) is 20.1. The molecule has 0 saturated carbocycles. The van der Waals surface area contributed by atoms with E-state index in [1.165, 1.54) is 0 Å². The second-order valence-electron chi connectivity index (χ2n) is 5.68. The van der Waals surface area contributed by atoms with E-state index in [1.807, 2.05) is 42.5 Å². The molecule has 1 saturated heterocycles. The van der Waals surface area contributed by atoms with E-state index in [2.05, 4.69) is 4.72 Å². The maximum Gasteiger partial charge on any atom is 0.305 e. The fraction of sp³-hybridized carbons (Fsp3) is 0.267.